The van der Waals surface area contributed by atoms with Gasteiger partial charge in [0, 0.05) is 6.26 Å². The molecule has 0 aliphatic carbocycles. The van der Waals surface area contributed by atoms with Crippen molar-refractivity contribution in [2.75, 3.05) is 13.4 Å². The second-order valence-corrected chi connectivity index (χ2v) is 8.12. The quantitative estimate of drug-likeness (QED) is 0.606. The molecule has 27 heavy (non-hydrogen) atoms. The molecule has 0 bridgehead atoms. The lowest BCUT2D eigenvalue weighted by Crippen LogP contribution is -2.17. The highest BCUT2D eigenvalue weighted by molar-refractivity contribution is 7.90. The zero-order valence-corrected chi connectivity index (χ0v) is 15.8. The minimum absolute atomic E-state index is 0.260. The van der Waals surface area contributed by atoms with E-state index in [1.165, 1.54) is 25.8 Å². The van der Waals surface area contributed by atoms with Crippen molar-refractivity contribution < 1.29 is 22.4 Å². The van der Waals surface area contributed by atoms with E-state index >= 15 is 0 Å². The lowest BCUT2D eigenvalue weighted by Gasteiger charge is -2.15. The van der Waals surface area contributed by atoms with Crippen LogP contribution < -0.4 is 0 Å². The summed E-state index contributed by atoms with van der Waals surface area (Å²) >= 11 is 0. The number of carbonyl (C=O) groups is 1. The smallest absolute Gasteiger partial charge is 0.318 e. The minimum Gasteiger partial charge on any atom is -0.468 e. The molecule has 3 rings (SSSR count). The standard InChI is InChI=1S/C20H19NO5S/c1-25-20(22)18(19-21-11-12-26-19)13-15-5-3-4-6-17(15)14-7-9-16(10-8-14)27(2,23)24/h3-12,18H,13H2,1-2H3. The maximum Gasteiger partial charge on any atom is 0.318 e. The summed E-state index contributed by atoms with van der Waals surface area (Å²) < 4.78 is 33.5. The molecule has 0 radical (unpaired) electrons. The van der Waals surface area contributed by atoms with Gasteiger partial charge >= 0.3 is 5.97 Å². The van der Waals surface area contributed by atoms with Crippen molar-refractivity contribution in [3.05, 3.63) is 72.4 Å². The Hall–Kier alpha value is -2.93. The molecule has 0 amide bonds. The van der Waals surface area contributed by atoms with E-state index in [0.29, 0.717) is 12.3 Å². The van der Waals surface area contributed by atoms with Crippen molar-refractivity contribution in [3.63, 3.8) is 0 Å². The third-order valence-electron chi connectivity index (χ3n) is 4.27. The average Bonchev–Trinajstić information content (AvgIpc) is 3.19. The predicted molar refractivity (Wildman–Crippen MR) is 100.0 cm³/mol. The second kappa shape index (κ2) is 7.75. The van der Waals surface area contributed by atoms with Crippen LogP contribution in [0.25, 0.3) is 11.1 Å². The number of esters is 1. The zero-order chi connectivity index (χ0) is 19.4. The molecule has 0 spiro atoms. The molecule has 1 unspecified atom stereocenters. The highest BCUT2D eigenvalue weighted by atomic mass is 32.2. The van der Waals surface area contributed by atoms with E-state index in [1.807, 2.05) is 24.3 Å². The molecule has 1 atom stereocenters. The van der Waals surface area contributed by atoms with Gasteiger partial charge in [0.05, 0.1) is 18.2 Å². The zero-order valence-electron chi connectivity index (χ0n) is 15.0. The number of benzene rings is 2. The van der Waals surface area contributed by atoms with Gasteiger partial charge in [-0.3, -0.25) is 4.79 Å². The fourth-order valence-corrected chi connectivity index (χ4v) is 3.53. The van der Waals surface area contributed by atoms with Crippen molar-refractivity contribution >= 4 is 15.8 Å². The summed E-state index contributed by atoms with van der Waals surface area (Å²) in [7, 11) is -1.93. The first-order valence-corrected chi connectivity index (χ1v) is 10.1. The average molecular weight is 385 g/mol. The highest BCUT2D eigenvalue weighted by Gasteiger charge is 2.27. The van der Waals surface area contributed by atoms with Gasteiger partial charge in [-0.25, -0.2) is 13.4 Å². The summed E-state index contributed by atoms with van der Waals surface area (Å²) in [6.45, 7) is 0. The Morgan fingerprint density at radius 2 is 1.85 bits per heavy atom. The Morgan fingerprint density at radius 1 is 1.15 bits per heavy atom. The maximum atomic E-state index is 12.2. The van der Waals surface area contributed by atoms with Crippen LogP contribution in [0.2, 0.25) is 0 Å². The number of hydrogen-bond donors (Lipinski definition) is 0. The van der Waals surface area contributed by atoms with E-state index in [1.54, 1.807) is 24.3 Å². The third kappa shape index (κ3) is 4.25. The Bertz CT molecular complexity index is 1020. The van der Waals surface area contributed by atoms with Gasteiger partial charge in [-0.2, -0.15) is 0 Å². The largest absolute Gasteiger partial charge is 0.468 e. The number of ether oxygens (including phenoxy) is 1. The molecule has 1 aromatic heterocycles. The molecule has 2 aromatic carbocycles. The van der Waals surface area contributed by atoms with Gasteiger partial charge in [0.1, 0.15) is 12.2 Å². The number of nitrogens with zero attached hydrogens (tertiary/aromatic N) is 1. The Kier molecular flexibility index (Phi) is 5.41. The van der Waals surface area contributed by atoms with Crippen LogP contribution >= 0.6 is 0 Å². The van der Waals surface area contributed by atoms with Gasteiger partial charge in [0.2, 0.25) is 5.89 Å². The molecular weight excluding hydrogens is 366 g/mol. The summed E-state index contributed by atoms with van der Waals surface area (Å²) in [5.41, 5.74) is 2.66. The molecule has 0 saturated heterocycles. The molecule has 140 valence electrons. The molecular formula is C20H19NO5S. The molecule has 0 aliphatic heterocycles. The van der Waals surface area contributed by atoms with E-state index in [9.17, 15) is 13.2 Å². The van der Waals surface area contributed by atoms with Crippen molar-refractivity contribution in [2.45, 2.75) is 17.2 Å². The van der Waals surface area contributed by atoms with E-state index in [2.05, 4.69) is 4.98 Å². The SMILES string of the molecule is COC(=O)C(Cc1ccccc1-c1ccc(S(C)(=O)=O)cc1)c1ncco1. The first-order chi connectivity index (χ1) is 12.9. The first kappa shape index (κ1) is 18.8. The monoisotopic (exact) mass is 385 g/mol. The topological polar surface area (TPSA) is 86.5 Å². The van der Waals surface area contributed by atoms with Crippen molar-refractivity contribution in [1.29, 1.82) is 0 Å². The van der Waals surface area contributed by atoms with Crippen LogP contribution in [0.5, 0.6) is 0 Å². The molecule has 7 heteroatoms. The number of aromatic nitrogens is 1. The van der Waals surface area contributed by atoms with Gasteiger partial charge in [-0.05, 0) is 35.2 Å². The molecule has 1 heterocycles. The number of sulfone groups is 1. The predicted octanol–water partition coefficient (Wildman–Crippen LogP) is 3.24. The molecule has 0 N–H and O–H groups in total. The Morgan fingerprint density at radius 3 is 2.44 bits per heavy atom. The minimum atomic E-state index is -3.26. The van der Waals surface area contributed by atoms with E-state index in [0.717, 1.165) is 16.7 Å². The maximum absolute atomic E-state index is 12.2. The van der Waals surface area contributed by atoms with Gasteiger partial charge in [0.15, 0.2) is 9.84 Å². The molecule has 0 saturated carbocycles. The van der Waals surface area contributed by atoms with Crippen LogP contribution in [0, 0.1) is 0 Å². The second-order valence-electron chi connectivity index (χ2n) is 6.10. The Labute approximate surface area is 157 Å². The number of hydrogen-bond acceptors (Lipinski definition) is 6. The van der Waals surface area contributed by atoms with Crippen molar-refractivity contribution in [3.8, 4) is 11.1 Å². The van der Waals surface area contributed by atoms with Gasteiger partial charge in [0.25, 0.3) is 0 Å². The van der Waals surface area contributed by atoms with Crippen LogP contribution in [-0.4, -0.2) is 32.7 Å². The van der Waals surface area contributed by atoms with Gasteiger partial charge in [-0.15, -0.1) is 0 Å². The molecule has 3 aromatic rings. The summed E-state index contributed by atoms with van der Waals surface area (Å²) in [6, 6.07) is 14.3. The van der Waals surface area contributed by atoms with Gasteiger partial charge in [-0.1, -0.05) is 36.4 Å². The summed E-state index contributed by atoms with van der Waals surface area (Å²) in [5, 5.41) is 0. The van der Waals surface area contributed by atoms with Crippen LogP contribution in [0.4, 0.5) is 0 Å². The lowest BCUT2D eigenvalue weighted by atomic mass is 9.92. The Balaban J connectivity index is 1.97. The summed E-state index contributed by atoms with van der Waals surface area (Å²) in [6.07, 6.45) is 4.42. The molecule has 0 aliphatic rings. The van der Waals surface area contributed by atoms with Crippen molar-refractivity contribution in [2.24, 2.45) is 0 Å². The highest BCUT2D eigenvalue weighted by Crippen LogP contribution is 2.29. The van der Waals surface area contributed by atoms with Crippen LogP contribution in [0.1, 0.15) is 17.4 Å². The van der Waals surface area contributed by atoms with Crippen LogP contribution in [0.3, 0.4) is 0 Å². The molecule has 6 nitrogen and oxygen atoms in total. The van der Waals surface area contributed by atoms with E-state index < -0.39 is 21.7 Å². The number of carbonyl (C=O) groups excluding carboxylic acids is 1. The van der Waals surface area contributed by atoms with Crippen LogP contribution in [0.15, 0.2) is 70.3 Å². The fraction of sp³-hybridized carbons (Fsp3) is 0.200. The first-order valence-electron chi connectivity index (χ1n) is 8.26. The third-order valence-corrected chi connectivity index (χ3v) is 5.40. The lowest BCUT2D eigenvalue weighted by molar-refractivity contribution is -0.142. The normalized spacial score (nSPS) is 12.5. The fourth-order valence-electron chi connectivity index (χ4n) is 2.90. The van der Waals surface area contributed by atoms with Gasteiger partial charge < -0.3 is 9.15 Å². The number of oxazole rings is 1. The van der Waals surface area contributed by atoms with E-state index in [-0.39, 0.29) is 4.90 Å². The molecule has 0 fully saturated rings. The van der Waals surface area contributed by atoms with E-state index in [4.69, 9.17) is 9.15 Å². The van der Waals surface area contributed by atoms with Crippen LogP contribution in [-0.2, 0) is 25.8 Å². The van der Waals surface area contributed by atoms with Crippen molar-refractivity contribution in [1.82, 2.24) is 4.98 Å². The number of methoxy groups -OCH3 is 1. The summed E-state index contributed by atoms with van der Waals surface area (Å²) in [4.78, 5) is 16.6. The number of rotatable bonds is 6. The summed E-state index contributed by atoms with van der Waals surface area (Å²) in [5.74, 6) is -0.801.